The number of ether oxygens (including phenoxy) is 1. The number of hydrogen-bond acceptors (Lipinski definition) is 2. The number of rotatable bonds is 4. The van der Waals surface area contributed by atoms with Crippen molar-refractivity contribution < 1.29 is 4.74 Å². The zero-order valence-corrected chi connectivity index (χ0v) is 11.1. The summed E-state index contributed by atoms with van der Waals surface area (Å²) in [5.41, 5.74) is 3.40. The summed E-state index contributed by atoms with van der Waals surface area (Å²) in [5.74, 6) is 0.931. The molecule has 0 radical (unpaired) electrons. The minimum Gasteiger partial charge on any atom is -0.490 e. The molecule has 0 bridgehead atoms. The van der Waals surface area contributed by atoms with Gasteiger partial charge in [0.25, 0.3) is 0 Å². The molecule has 0 saturated heterocycles. The van der Waals surface area contributed by atoms with Crippen molar-refractivity contribution >= 4 is 5.69 Å². The molecule has 94 valence electrons. The van der Waals surface area contributed by atoms with E-state index < -0.39 is 0 Å². The van der Waals surface area contributed by atoms with Crippen molar-refractivity contribution in [3.05, 3.63) is 48.5 Å². The second kappa shape index (κ2) is 5.58. The first-order valence-corrected chi connectivity index (χ1v) is 6.24. The van der Waals surface area contributed by atoms with Gasteiger partial charge in [-0.15, -0.1) is 0 Å². The van der Waals surface area contributed by atoms with E-state index in [1.807, 2.05) is 45.2 Å². The van der Waals surface area contributed by atoms with Crippen LogP contribution in [0, 0.1) is 0 Å². The highest BCUT2D eigenvalue weighted by Gasteiger charge is 2.07. The Bertz CT molecular complexity index is 520. The molecule has 0 spiro atoms. The lowest BCUT2D eigenvalue weighted by Gasteiger charge is -2.14. The van der Waals surface area contributed by atoms with Crippen LogP contribution in [0.3, 0.4) is 0 Å². The highest BCUT2D eigenvalue weighted by Crippen LogP contribution is 2.31. The van der Waals surface area contributed by atoms with E-state index >= 15 is 0 Å². The topological polar surface area (TPSA) is 21.3 Å². The molecule has 2 aromatic carbocycles. The van der Waals surface area contributed by atoms with E-state index in [9.17, 15) is 0 Å². The third kappa shape index (κ3) is 2.83. The van der Waals surface area contributed by atoms with Crippen LogP contribution in [-0.2, 0) is 0 Å². The highest BCUT2D eigenvalue weighted by molar-refractivity contribution is 5.73. The molecule has 18 heavy (non-hydrogen) atoms. The van der Waals surface area contributed by atoms with Crippen LogP contribution in [0.1, 0.15) is 13.8 Å². The average Bonchev–Trinajstić information content (AvgIpc) is 2.39. The van der Waals surface area contributed by atoms with Crippen molar-refractivity contribution in [1.82, 2.24) is 0 Å². The molecule has 0 aromatic heterocycles. The minimum absolute atomic E-state index is 0.179. The maximum atomic E-state index is 5.85. The lowest BCUT2D eigenvalue weighted by molar-refractivity contribution is 0.243. The summed E-state index contributed by atoms with van der Waals surface area (Å²) in [6.07, 6.45) is 0.179. The summed E-state index contributed by atoms with van der Waals surface area (Å²) in [7, 11) is 1.93. The van der Waals surface area contributed by atoms with Gasteiger partial charge in [-0.1, -0.05) is 30.3 Å². The van der Waals surface area contributed by atoms with Crippen LogP contribution < -0.4 is 10.1 Å². The molecular weight excluding hydrogens is 222 g/mol. The normalized spacial score (nSPS) is 10.4. The van der Waals surface area contributed by atoms with Gasteiger partial charge in [-0.25, -0.2) is 0 Å². The summed E-state index contributed by atoms with van der Waals surface area (Å²) >= 11 is 0. The van der Waals surface area contributed by atoms with Gasteiger partial charge in [-0.05, 0) is 37.6 Å². The number of hydrogen-bond donors (Lipinski definition) is 1. The third-order valence-electron chi connectivity index (χ3n) is 2.71. The summed E-state index contributed by atoms with van der Waals surface area (Å²) in [6, 6.07) is 16.5. The molecule has 1 N–H and O–H groups in total. The maximum Gasteiger partial charge on any atom is 0.127 e. The average molecular weight is 241 g/mol. The van der Waals surface area contributed by atoms with Crippen molar-refractivity contribution in [3.8, 4) is 16.9 Å². The zero-order valence-electron chi connectivity index (χ0n) is 11.1. The van der Waals surface area contributed by atoms with Crippen LogP contribution in [0.5, 0.6) is 5.75 Å². The van der Waals surface area contributed by atoms with E-state index in [2.05, 4.69) is 29.6 Å². The van der Waals surface area contributed by atoms with E-state index in [1.165, 1.54) is 0 Å². The second-order valence-corrected chi connectivity index (χ2v) is 4.49. The molecule has 0 aliphatic rings. The van der Waals surface area contributed by atoms with E-state index in [0.29, 0.717) is 0 Å². The molecular formula is C16H19NO. The number of anilines is 1. The Labute approximate surface area is 109 Å². The Morgan fingerprint density at radius 2 is 1.78 bits per heavy atom. The lowest BCUT2D eigenvalue weighted by atomic mass is 10.0. The number of para-hydroxylation sites is 1. The standard InChI is InChI=1S/C16H19NO/c1-12(2)18-16-10-5-4-9-15(16)13-7-6-8-14(11-13)17-3/h4-12,17H,1-3H3. The monoisotopic (exact) mass is 241 g/mol. The molecule has 0 heterocycles. The Balaban J connectivity index is 2.42. The van der Waals surface area contributed by atoms with Crippen LogP contribution in [-0.4, -0.2) is 13.2 Å². The van der Waals surface area contributed by atoms with Gasteiger partial charge < -0.3 is 10.1 Å². The first kappa shape index (κ1) is 12.5. The van der Waals surface area contributed by atoms with E-state index in [-0.39, 0.29) is 6.10 Å². The van der Waals surface area contributed by atoms with Crippen molar-refractivity contribution in [2.45, 2.75) is 20.0 Å². The first-order valence-electron chi connectivity index (χ1n) is 6.24. The van der Waals surface area contributed by atoms with E-state index in [4.69, 9.17) is 4.74 Å². The van der Waals surface area contributed by atoms with Gasteiger partial charge in [0.2, 0.25) is 0 Å². The van der Waals surface area contributed by atoms with Crippen LogP contribution in [0.25, 0.3) is 11.1 Å². The maximum absolute atomic E-state index is 5.85. The summed E-state index contributed by atoms with van der Waals surface area (Å²) in [6.45, 7) is 4.08. The molecule has 0 aliphatic heterocycles. The van der Waals surface area contributed by atoms with Crippen molar-refractivity contribution in [1.29, 1.82) is 0 Å². The summed E-state index contributed by atoms with van der Waals surface area (Å²) in [5, 5.41) is 3.16. The Kier molecular flexibility index (Phi) is 3.88. The molecule has 2 rings (SSSR count). The third-order valence-corrected chi connectivity index (χ3v) is 2.71. The molecule has 0 atom stereocenters. The largest absolute Gasteiger partial charge is 0.490 e. The van der Waals surface area contributed by atoms with Gasteiger partial charge in [-0.2, -0.15) is 0 Å². The van der Waals surface area contributed by atoms with Gasteiger partial charge in [0.05, 0.1) is 6.10 Å². The molecule has 2 aromatic rings. The van der Waals surface area contributed by atoms with Gasteiger partial charge >= 0.3 is 0 Å². The molecule has 0 unspecified atom stereocenters. The van der Waals surface area contributed by atoms with E-state index in [0.717, 1.165) is 22.6 Å². The fraction of sp³-hybridized carbons (Fsp3) is 0.250. The van der Waals surface area contributed by atoms with Crippen molar-refractivity contribution in [2.24, 2.45) is 0 Å². The van der Waals surface area contributed by atoms with Crippen LogP contribution >= 0.6 is 0 Å². The fourth-order valence-corrected chi connectivity index (χ4v) is 1.90. The number of nitrogens with one attached hydrogen (secondary N) is 1. The zero-order chi connectivity index (χ0) is 13.0. The lowest BCUT2D eigenvalue weighted by Crippen LogP contribution is -2.06. The SMILES string of the molecule is CNc1cccc(-c2ccccc2OC(C)C)c1. The van der Waals surface area contributed by atoms with Gasteiger partial charge in [0.1, 0.15) is 5.75 Å². The molecule has 0 saturated carbocycles. The summed E-state index contributed by atoms with van der Waals surface area (Å²) < 4.78 is 5.85. The highest BCUT2D eigenvalue weighted by atomic mass is 16.5. The predicted octanol–water partition coefficient (Wildman–Crippen LogP) is 4.18. The Hall–Kier alpha value is -1.96. The Morgan fingerprint density at radius 1 is 1.00 bits per heavy atom. The molecule has 2 nitrogen and oxygen atoms in total. The van der Waals surface area contributed by atoms with Crippen LogP contribution in [0.15, 0.2) is 48.5 Å². The molecule has 2 heteroatoms. The fourth-order valence-electron chi connectivity index (χ4n) is 1.90. The summed E-state index contributed by atoms with van der Waals surface area (Å²) in [4.78, 5) is 0. The van der Waals surface area contributed by atoms with Crippen molar-refractivity contribution in [3.63, 3.8) is 0 Å². The molecule has 0 amide bonds. The molecule has 0 fully saturated rings. The Morgan fingerprint density at radius 3 is 2.50 bits per heavy atom. The van der Waals surface area contributed by atoms with Gasteiger partial charge in [0.15, 0.2) is 0 Å². The van der Waals surface area contributed by atoms with Gasteiger partial charge in [-0.3, -0.25) is 0 Å². The number of benzene rings is 2. The predicted molar refractivity (Wildman–Crippen MR) is 77.2 cm³/mol. The van der Waals surface area contributed by atoms with Crippen LogP contribution in [0.4, 0.5) is 5.69 Å². The minimum atomic E-state index is 0.179. The van der Waals surface area contributed by atoms with Crippen molar-refractivity contribution in [2.75, 3.05) is 12.4 Å². The second-order valence-electron chi connectivity index (χ2n) is 4.49. The van der Waals surface area contributed by atoms with Crippen LogP contribution in [0.2, 0.25) is 0 Å². The van der Waals surface area contributed by atoms with Gasteiger partial charge in [0, 0.05) is 18.3 Å². The molecule has 0 aliphatic carbocycles. The smallest absolute Gasteiger partial charge is 0.127 e. The first-order chi connectivity index (χ1) is 8.70. The quantitative estimate of drug-likeness (QED) is 0.867. The van der Waals surface area contributed by atoms with E-state index in [1.54, 1.807) is 0 Å².